The SMILES string of the molecule is CCN(Cc1ccccc1C)C(=O)CNC(C)C. The first kappa shape index (κ1) is 14.7. The van der Waals surface area contributed by atoms with Gasteiger partial charge in [0, 0.05) is 19.1 Å². The number of nitrogens with one attached hydrogen (secondary N) is 1. The predicted molar refractivity (Wildman–Crippen MR) is 75.4 cm³/mol. The van der Waals surface area contributed by atoms with Crippen LogP contribution in [0.2, 0.25) is 0 Å². The number of hydrogen-bond donors (Lipinski definition) is 1. The molecule has 100 valence electrons. The minimum absolute atomic E-state index is 0.162. The number of rotatable bonds is 6. The Morgan fingerprint density at radius 1 is 1.33 bits per heavy atom. The van der Waals surface area contributed by atoms with Gasteiger partial charge in [0.15, 0.2) is 0 Å². The molecule has 0 aliphatic heterocycles. The molecule has 0 radical (unpaired) electrons. The second kappa shape index (κ2) is 7.17. The van der Waals surface area contributed by atoms with Crippen molar-refractivity contribution in [3.63, 3.8) is 0 Å². The van der Waals surface area contributed by atoms with E-state index in [0.29, 0.717) is 19.1 Å². The lowest BCUT2D eigenvalue weighted by Crippen LogP contribution is -2.39. The number of carbonyl (C=O) groups is 1. The fourth-order valence-electron chi connectivity index (χ4n) is 1.77. The normalized spacial score (nSPS) is 10.7. The van der Waals surface area contributed by atoms with Crippen LogP contribution in [0.15, 0.2) is 24.3 Å². The largest absolute Gasteiger partial charge is 0.338 e. The molecule has 1 amide bonds. The van der Waals surface area contributed by atoms with Gasteiger partial charge in [-0.25, -0.2) is 0 Å². The van der Waals surface area contributed by atoms with Gasteiger partial charge in [-0.15, -0.1) is 0 Å². The van der Waals surface area contributed by atoms with Crippen LogP contribution in [0.5, 0.6) is 0 Å². The zero-order valence-electron chi connectivity index (χ0n) is 11.9. The third kappa shape index (κ3) is 4.49. The monoisotopic (exact) mass is 248 g/mol. The number of hydrogen-bond acceptors (Lipinski definition) is 2. The van der Waals surface area contributed by atoms with E-state index < -0.39 is 0 Å². The van der Waals surface area contributed by atoms with Gasteiger partial charge < -0.3 is 10.2 Å². The Balaban J connectivity index is 2.62. The number of aryl methyl sites for hydroxylation is 1. The maximum Gasteiger partial charge on any atom is 0.236 e. The molecule has 0 bridgehead atoms. The lowest BCUT2D eigenvalue weighted by molar-refractivity contribution is -0.130. The van der Waals surface area contributed by atoms with Gasteiger partial charge in [0.05, 0.1) is 6.54 Å². The summed E-state index contributed by atoms with van der Waals surface area (Å²) in [6.07, 6.45) is 0. The smallest absolute Gasteiger partial charge is 0.236 e. The van der Waals surface area contributed by atoms with Crippen molar-refractivity contribution in [1.82, 2.24) is 10.2 Å². The molecule has 1 aromatic rings. The molecular formula is C15H24N2O. The standard InChI is InChI=1S/C15H24N2O/c1-5-17(15(18)10-16-12(2)3)11-14-9-7-6-8-13(14)4/h6-9,12,16H,5,10-11H2,1-4H3. The van der Waals surface area contributed by atoms with Gasteiger partial charge in [-0.2, -0.15) is 0 Å². The van der Waals surface area contributed by atoms with Crippen molar-refractivity contribution in [3.8, 4) is 0 Å². The van der Waals surface area contributed by atoms with Crippen LogP contribution in [0.1, 0.15) is 31.9 Å². The topological polar surface area (TPSA) is 32.3 Å². The fourth-order valence-corrected chi connectivity index (χ4v) is 1.77. The molecule has 0 saturated carbocycles. The molecular weight excluding hydrogens is 224 g/mol. The summed E-state index contributed by atoms with van der Waals surface area (Å²) in [4.78, 5) is 13.9. The van der Waals surface area contributed by atoms with Crippen LogP contribution in [-0.2, 0) is 11.3 Å². The summed E-state index contributed by atoms with van der Waals surface area (Å²) >= 11 is 0. The first-order valence-corrected chi connectivity index (χ1v) is 6.60. The van der Waals surface area contributed by atoms with Crippen molar-refractivity contribution in [2.45, 2.75) is 40.3 Å². The molecule has 18 heavy (non-hydrogen) atoms. The van der Waals surface area contributed by atoms with Crippen LogP contribution in [0, 0.1) is 6.92 Å². The average Bonchev–Trinajstić information content (AvgIpc) is 2.35. The highest BCUT2D eigenvalue weighted by Gasteiger charge is 2.12. The average molecular weight is 248 g/mol. The van der Waals surface area contributed by atoms with Crippen LogP contribution in [-0.4, -0.2) is 29.9 Å². The molecule has 0 heterocycles. The van der Waals surface area contributed by atoms with E-state index in [1.54, 1.807) is 0 Å². The Hall–Kier alpha value is -1.35. The molecule has 0 aliphatic carbocycles. The second-order valence-corrected chi connectivity index (χ2v) is 4.87. The molecule has 0 unspecified atom stereocenters. The van der Waals surface area contributed by atoms with E-state index in [4.69, 9.17) is 0 Å². The molecule has 0 aromatic heterocycles. The first-order chi connectivity index (χ1) is 8.54. The zero-order chi connectivity index (χ0) is 13.5. The fraction of sp³-hybridized carbons (Fsp3) is 0.533. The van der Waals surface area contributed by atoms with E-state index in [0.717, 1.165) is 6.54 Å². The van der Waals surface area contributed by atoms with Gasteiger partial charge in [-0.3, -0.25) is 4.79 Å². The molecule has 0 aliphatic rings. The molecule has 1 N–H and O–H groups in total. The molecule has 3 heteroatoms. The van der Waals surface area contributed by atoms with Gasteiger partial charge >= 0.3 is 0 Å². The van der Waals surface area contributed by atoms with Crippen molar-refractivity contribution in [1.29, 1.82) is 0 Å². The number of carbonyl (C=O) groups excluding carboxylic acids is 1. The summed E-state index contributed by atoms with van der Waals surface area (Å²) in [5.41, 5.74) is 2.46. The van der Waals surface area contributed by atoms with Crippen LogP contribution >= 0.6 is 0 Å². The lowest BCUT2D eigenvalue weighted by atomic mass is 10.1. The second-order valence-electron chi connectivity index (χ2n) is 4.87. The molecule has 0 atom stereocenters. The van der Waals surface area contributed by atoms with Crippen molar-refractivity contribution in [2.24, 2.45) is 0 Å². The Labute approximate surface area is 110 Å². The number of benzene rings is 1. The maximum atomic E-state index is 12.1. The van der Waals surface area contributed by atoms with E-state index in [-0.39, 0.29) is 5.91 Å². The number of amides is 1. The molecule has 0 saturated heterocycles. The van der Waals surface area contributed by atoms with Crippen LogP contribution in [0.25, 0.3) is 0 Å². The van der Waals surface area contributed by atoms with Crippen molar-refractivity contribution < 1.29 is 4.79 Å². The summed E-state index contributed by atoms with van der Waals surface area (Å²) in [7, 11) is 0. The highest BCUT2D eigenvalue weighted by atomic mass is 16.2. The van der Waals surface area contributed by atoms with Crippen LogP contribution < -0.4 is 5.32 Å². The third-order valence-electron chi connectivity index (χ3n) is 3.02. The quantitative estimate of drug-likeness (QED) is 0.838. The molecule has 0 fully saturated rings. The lowest BCUT2D eigenvalue weighted by Gasteiger charge is -2.22. The molecule has 1 rings (SSSR count). The van der Waals surface area contributed by atoms with Crippen molar-refractivity contribution >= 4 is 5.91 Å². The molecule has 3 nitrogen and oxygen atoms in total. The third-order valence-corrected chi connectivity index (χ3v) is 3.02. The molecule has 0 spiro atoms. The Kier molecular flexibility index (Phi) is 5.86. The highest BCUT2D eigenvalue weighted by Crippen LogP contribution is 2.10. The van der Waals surface area contributed by atoms with Gasteiger partial charge in [0.1, 0.15) is 0 Å². The minimum atomic E-state index is 0.162. The van der Waals surface area contributed by atoms with E-state index >= 15 is 0 Å². The van der Waals surface area contributed by atoms with E-state index in [1.807, 2.05) is 37.8 Å². The van der Waals surface area contributed by atoms with E-state index in [1.165, 1.54) is 11.1 Å². The summed E-state index contributed by atoms with van der Waals surface area (Å²) in [5.74, 6) is 0.162. The van der Waals surface area contributed by atoms with Crippen LogP contribution in [0.4, 0.5) is 0 Å². The Morgan fingerprint density at radius 3 is 2.56 bits per heavy atom. The van der Waals surface area contributed by atoms with Gasteiger partial charge in [-0.05, 0) is 25.0 Å². The Morgan fingerprint density at radius 2 is 2.00 bits per heavy atom. The van der Waals surface area contributed by atoms with Gasteiger partial charge in [0.2, 0.25) is 5.91 Å². The summed E-state index contributed by atoms with van der Waals surface area (Å²) in [5, 5.41) is 3.17. The van der Waals surface area contributed by atoms with E-state index in [2.05, 4.69) is 24.4 Å². The summed E-state index contributed by atoms with van der Waals surface area (Å²) in [6.45, 7) is 10.0. The predicted octanol–water partition coefficient (Wildman–Crippen LogP) is 2.34. The van der Waals surface area contributed by atoms with Crippen molar-refractivity contribution in [2.75, 3.05) is 13.1 Å². The number of nitrogens with zero attached hydrogens (tertiary/aromatic N) is 1. The minimum Gasteiger partial charge on any atom is -0.338 e. The number of likely N-dealkylation sites (N-methyl/N-ethyl adjacent to an activating group) is 1. The summed E-state index contributed by atoms with van der Waals surface area (Å²) < 4.78 is 0. The Bertz CT molecular complexity index is 388. The van der Waals surface area contributed by atoms with E-state index in [9.17, 15) is 4.79 Å². The summed E-state index contributed by atoms with van der Waals surface area (Å²) in [6, 6.07) is 8.55. The zero-order valence-corrected chi connectivity index (χ0v) is 11.9. The van der Waals surface area contributed by atoms with Gasteiger partial charge in [-0.1, -0.05) is 38.1 Å². The highest BCUT2D eigenvalue weighted by molar-refractivity contribution is 5.78. The molecule has 1 aromatic carbocycles. The maximum absolute atomic E-state index is 12.1. The van der Waals surface area contributed by atoms with Gasteiger partial charge in [0.25, 0.3) is 0 Å². The van der Waals surface area contributed by atoms with Crippen LogP contribution in [0.3, 0.4) is 0 Å². The first-order valence-electron chi connectivity index (χ1n) is 6.60. The van der Waals surface area contributed by atoms with Crippen molar-refractivity contribution in [3.05, 3.63) is 35.4 Å².